The number of nitrogens with one attached hydrogen (secondary N) is 1. The van der Waals surface area contributed by atoms with Gasteiger partial charge in [0.15, 0.2) is 0 Å². The minimum absolute atomic E-state index is 0.0501. The molecule has 0 bridgehead atoms. The largest absolute Gasteiger partial charge is 0.396 e. The van der Waals surface area contributed by atoms with Gasteiger partial charge in [0.2, 0.25) is 10.0 Å². The molecule has 1 fully saturated rings. The highest BCUT2D eigenvalue weighted by molar-refractivity contribution is 7.91. The average Bonchev–Trinajstić information content (AvgIpc) is 2.88. The van der Waals surface area contributed by atoms with E-state index in [0.717, 1.165) is 37.0 Å². The highest BCUT2D eigenvalue weighted by Crippen LogP contribution is 2.27. The average molecular weight is 303 g/mol. The second-order valence-corrected chi connectivity index (χ2v) is 8.14. The smallest absolute Gasteiger partial charge is 0.250 e. The van der Waals surface area contributed by atoms with Gasteiger partial charge in [0.05, 0.1) is 0 Å². The third-order valence-electron chi connectivity index (χ3n) is 3.70. The van der Waals surface area contributed by atoms with E-state index in [1.165, 1.54) is 11.3 Å². The molecule has 0 saturated heterocycles. The molecule has 0 spiro atoms. The van der Waals surface area contributed by atoms with Crippen molar-refractivity contribution < 1.29 is 13.5 Å². The molecule has 108 valence electrons. The SMILES string of the molecule is CCc1ccc(S(=O)(=O)NC2CCCCC2CO)s1. The monoisotopic (exact) mass is 303 g/mol. The number of hydrogen-bond donors (Lipinski definition) is 2. The first kappa shape index (κ1) is 15.0. The number of aliphatic hydroxyl groups is 1. The molecule has 1 aromatic heterocycles. The van der Waals surface area contributed by atoms with E-state index in [9.17, 15) is 13.5 Å². The van der Waals surface area contributed by atoms with Crippen LogP contribution in [-0.2, 0) is 16.4 Å². The Hall–Kier alpha value is -0.430. The summed E-state index contributed by atoms with van der Waals surface area (Å²) in [5.74, 6) is 0.0501. The zero-order valence-corrected chi connectivity index (χ0v) is 12.8. The van der Waals surface area contributed by atoms with Crippen LogP contribution >= 0.6 is 11.3 Å². The van der Waals surface area contributed by atoms with Crippen molar-refractivity contribution in [2.24, 2.45) is 5.92 Å². The number of rotatable bonds is 5. The van der Waals surface area contributed by atoms with Crippen molar-refractivity contribution in [1.29, 1.82) is 0 Å². The first-order valence-electron chi connectivity index (χ1n) is 6.78. The summed E-state index contributed by atoms with van der Waals surface area (Å²) in [5.41, 5.74) is 0. The summed E-state index contributed by atoms with van der Waals surface area (Å²) in [5, 5.41) is 9.34. The minimum Gasteiger partial charge on any atom is -0.396 e. The summed E-state index contributed by atoms with van der Waals surface area (Å²) < 4.78 is 27.8. The van der Waals surface area contributed by atoms with Gasteiger partial charge in [0, 0.05) is 17.5 Å². The molecule has 0 amide bonds. The van der Waals surface area contributed by atoms with Crippen LogP contribution in [0.3, 0.4) is 0 Å². The second kappa shape index (κ2) is 6.35. The van der Waals surface area contributed by atoms with Crippen molar-refractivity contribution in [3.63, 3.8) is 0 Å². The number of thiophene rings is 1. The topological polar surface area (TPSA) is 66.4 Å². The molecule has 2 atom stereocenters. The van der Waals surface area contributed by atoms with E-state index in [0.29, 0.717) is 4.21 Å². The molecule has 2 rings (SSSR count). The van der Waals surface area contributed by atoms with E-state index in [2.05, 4.69) is 4.72 Å². The van der Waals surface area contributed by atoms with Crippen LogP contribution in [0.1, 0.15) is 37.5 Å². The Labute approximate surface area is 118 Å². The number of aliphatic hydroxyl groups excluding tert-OH is 1. The van der Waals surface area contributed by atoms with Crippen molar-refractivity contribution in [2.45, 2.75) is 49.3 Å². The maximum absolute atomic E-state index is 12.3. The van der Waals surface area contributed by atoms with E-state index < -0.39 is 10.0 Å². The van der Waals surface area contributed by atoms with Crippen molar-refractivity contribution in [2.75, 3.05) is 6.61 Å². The molecule has 1 aliphatic carbocycles. The van der Waals surface area contributed by atoms with E-state index >= 15 is 0 Å². The Morgan fingerprint density at radius 2 is 2.11 bits per heavy atom. The Morgan fingerprint density at radius 1 is 1.37 bits per heavy atom. The lowest BCUT2D eigenvalue weighted by Crippen LogP contribution is -2.43. The summed E-state index contributed by atoms with van der Waals surface area (Å²) in [6.07, 6.45) is 4.66. The summed E-state index contributed by atoms with van der Waals surface area (Å²) >= 11 is 1.32. The molecule has 19 heavy (non-hydrogen) atoms. The Kier molecular flexibility index (Phi) is 5.00. The van der Waals surface area contributed by atoms with Crippen molar-refractivity contribution in [3.8, 4) is 0 Å². The predicted molar refractivity (Wildman–Crippen MR) is 76.9 cm³/mol. The van der Waals surface area contributed by atoms with E-state index in [1.807, 2.05) is 13.0 Å². The number of hydrogen-bond acceptors (Lipinski definition) is 4. The van der Waals surface area contributed by atoms with Gasteiger partial charge in [0.1, 0.15) is 4.21 Å². The molecule has 2 N–H and O–H groups in total. The van der Waals surface area contributed by atoms with Crippen LogP contribution in [0, 0.1) is 5.92 Å². The lowest BCUT2D eigenvalue weighted by molar-refractivity contribution is 0.164. The van der Waals surface area contributed by atoms with Gasteiger partial charge in [-0.05, 0) is 37.3 Å². The fourth-order valence-electron chi connectivity index (χ4n) is 2.53. The number of sulfonamides is 1. The first-order valence-corrected chi connectivity index (χ1v) is 9.08. The summed E-state index contributed by atoms with van der Waals surface area (Å²) in [6.45, 7) is 2.07. The summed E-state index contributed by atoms with van der Waals surface area (Å²) in [6, 6.07) is 3.41. The van der Waals surface area contributed by atoms with E-state index in [4.69, 9.17) is 0 Å². The van der Waals surface area contributed by atoms with Crippen molar-refractivity contribution in [3.05, 3.63) is 17.0 Å². The van der Waals surface area contributed by atoms with E-state index in [1.54, 1.807) is 6.07 Å². The minimum atomic E-state index is -3.43. The maximum atomic E-state index is 12.3. The quantitative estimate of drug-likeness (QED) is 0.876. The Bertz CT molecular complexity index is 510. The van der Waals surface area contributed by atoms with Crippen LogP contribution in [0.25, 0.3) is 0 Å². The van der Waals surface area contributed by atoms with Gasteiger partial charge in [-0.3, -0.25) is 0 Å². The highest BCUT2D eigenvalue weighted by atomic mass is 32.2. The lowest BCUT2D eigenvalue weighted by Gasteiger charge is -2.30. The first-order chi connectivity index (χ1) is 9.06. The van der Waals surface area contributed by atoms with Crippen LogP contribution < -0.4 is 4.72 Å². The van der Waals surface area contributed by atoms with Gasteiger partial charge in [-0.2, -0.15) is 0 Å². The zero-order valence-electron chi connectivity index (χ0n) is 11.1. The van der Waals surface area contributed by atoms with Gasteiger partial charge in [-0.1, -0.05) is 19.8 Å². The third-order valence-corrected chi connectivity index (χ3v) is 6.91. The van der Waals surface area contributed by atoms with E-state index in [-0.39, 0.29) is 18.6 Å². The molecule has 1 aliphatic rings. The Balaban J connectivity index is 2.11. The van der Waals surface area contributed by atoms with Gasteiger partial charge < -0.3 is 5.11 Å². The highest BCUT2D eigenvalue weighted by Gasteiger charge is 2.29. The van der Waals surface area contributed by atoms with Crippen molar-refractivity contribution >= 4 is 21.4 Å². The van der Waals surface area contributed by atoms with Crippen LogP contribution in [-0.4, -0.2) is 26.2 Å². The van der Waals surface area contributed by atoms with Crippen LogP contribution in [0.4, 0.5) is 0 Å². The zero-order chi connectivity index (χ0) is 13.9. The predicted octanol–water partition coefficient (Wildman–Crippen LogP) is 2.14. The standard InChI is InChI=1S/C13H21NO3S2/c1-2-11-7-8-13(18-11)19(16,17)14-12-6-4-3-5-10(12)9-15/h7-8,10,12,14-15H,2-6,9H2,1H3. The van der Waals surface area contributed by atoms with Gasteiger partial charge >= 0.3 is 0 Å². The van der Waals surface area contributed by atoms with Gasteiger partial charge in [-0.15, -0.1) is 11.3 Å². The fourth-order valence-corrected chi connectivity index (χ4v) is 5.18. The molecule has 1 saturated carbocycles. The molecule has 1 aromatic rings. The van der Waals surface area contributed by atoms with Crippen molar-refractivity contribution in [1.82, 2.24) is 4.72 Å². The third kappa shape index (κ3) is 3.56. The maximum Gasteiger partial charge on any atom is 0.250 e. The summed E-state index contributed by atoms with van der Waals surface area (Å²) in [7, 11) is -3.43. The van der Waals surface area contributed by atoms with Gasteiger partial charge in [0.25, 0.3) is 0 Å². The molecule has 0 aromatic carbocycles. The fraction of sp³-hybridized carbons (Fsp3) is 0.692. The normalized spacial score (nSPS) is 24.5. The molecular formula is C13H21NO3S2. The molecule has 6 heteroatoms. The van der Waals surface area contributed by atoms with Gasteiger partial charge in [-0.25, -0.2) is 13.1 Å². The van der Waals surface area contributed by atoms with Crippen LogP contribution in [0.2, 0.25) is 0 Å². The lowest BCUT2D eigenvalue weighted by atomic mass is 9.86. The Morgan fingerprint density at radius 3 is 2.74 bits per heavy atom. The molecule has 1 heterocycles. The molecule has 0 aliphatic heterocycles. The number of aryl methyl sites for hydroxylation is 1. The molecule has 4 nitrogen and oxygen atoms in total. The second-order valence-electron chi connectivity index (χ2n) is 5.03. The van der Waals surface area contributed by atoms with Crippen LogP contribution in [0.15, 0.2) is 16.3 Å². The molecule has 0 radical (unpaired) electrons. The molecular weight excluding hydrogens is 282 g/mol. The molecule has 2 unspecified atom stereocenters. The summed E-state index contributed by atoms with van der Waals surface area (Å²) in [4.78, 5) is 1.07. The van der Waals surface area contributed by atoms with Crippen LogP contribution in [0.5, 0.6) is 0 Å².